The third kappa shape index (κ3) is 3.42. The van der Waals surface area contributed by atoms with E-state index >= 15 is 0 Å². The third-order valence-corrected chi connectivity index (χ3v) is 4.12. The summed E-state index contributed by atoms with van der Waals surface area (Å²) in [6.45, 7) is 2.09. The second-order valence-corrected chi connectivity index (χ2v) is 5.91. The van der Waals surface area contributed by atoms with Crippen molar-refractivity contribution in [3.63, 3.8) is 0 Å². The van der Waals surface area contributed by atoms with Gasteiger partial charge in [0.25, 0.3) is 0 Å². The zero-order valence-corrected chi connectivity index (χ0v) is 11.4. The van der Waals surface area contributed by atoms with Crippen LogP contribution < -0.4 is 0 Å². The fraction of sp³-hybridized carbons (Fsp3) is 0.143. The van der Waals surface area contributed by atoms with Crippen molar-refractivity contribution in [2.75, 3.05) is 6.26 Å². The predicted molar refractivity (Wildman–Crippen MR) is 76.3 cm³/mol. The normalized spacial score (nSPS) is 12.6. The van der Waals surface area contributed by atoms with Crippen molar-refractivity contribution in [2.24, 2.45) is 4.36 Å². The van der Waals surface area contributed by atoms with Gasteiger partial charge >= 0.3 is 0 Å². The SMILES string of the molecule is Cc1ccc(S(C)=Nc2ccc(Cl)cc2)cc1. The van der Waals surface area contributed by atoms with Gasteiger partial charge in [0.1, 0.15) is 0 Å². The molecule has 0 aromatic heterocycles. The zero-order valence-electron chi connectivity index (χ0n) is 9.85. The Bertz CT molecular complexity index is 529. The maximum absolute atomic E-state index is 5.84. The molecule has 2 rings (SSSR count). The number of aryl methyl sites for hydroxylation is 1. The Kier molecular flexibility index (Phi) is 3.97. The Balaban J connectivity index is 2.27. The molecule has 0 heterocycles. The topological polar surface area (TPSA) is 12.4 Å². The molecule has 0 amide bonds. The molecule has 1 atom stereocenters. The Hall–Kier alpha value is -1.12. The maximum Gasteiger partial charge on any atom is 0.0708 e. The van der Waals surface area contributed by atoms with Crippen LogP contribution in [0.3, 0.4) is 0 Å². The fourth-order valence-electron chi connectivity index (χ4n) is 1.45. The van der Waals surface area contributed by atoms with E-state index in [-0.39, 0.29) is 10.7 Å². The lowest BCUT2D eigenvalue weighted by Crippen LogP contribution is -1.86. The Morgan fingerprint density at radius 1 is 0.941 bits per heavy atom. The molecule has 2 aromatic rings. The van der Waals surface area contributed by atoms with Gasteiger partial charge in [-0.05, 0) is 49.6 Å². The van der Waals surface area contributed by atoms with Crippen LogP contribution in [-0.4, -0.2) is 6.26 Å². The molecule has 0 aliphatic rings. The second kappa shape index (κ2) is 5.48. The summed E-state index contributed by atoms with van der Waals surface area (Å²) < 4.78 is 4.67. The molecular weight excluding hydrogens is 250 g/mol. The van der Waals surface area contributed by atoms with E-state index < -0.39 is 0 Å². The highest BCUT2D eigenvalue weighted by Gasteiger charge is 1.96. The summed E-state index contributed by atoms with van der Waals surface area (Å²) in [5, 5.41) is 0.746. The van der Waals surface area contributed by atoms with Gasteiger partial charge in [0.2, 0.25) is 0 Å². The minimum Gasteiger partial charge on any atom is -0.224 e. The van der Waals surface area contributed by atoms with E-state index in [0.29, 0.717) is 0 Å². The molecule has 0 saturated carbocycles. The van der Waals surface area contributed by atoms with E-state index in [4.69, 9.17) is 11.6 Å². The fourth-order valence-corrected chi connectivity index (χ4v) is 2.65. The highest BCUT2D eigenvalue weighted by atomic mass is 35.5. The highest BCUT2D eigenvalue weighted by Crippen LogP contribution is 2.19. The van der Waals surface area contributed by atoms with Crippen molar-refractivity contribution in [3.8, 4) is 0 Å². The van der Waals surface area contributed by atoms with Crippen LogP contribution in [0.25, 0.3) is 0 Å². The van der Waals surface area contributed by atoms with Crippen molar-refractivity contribution in [3.05, 3.63) is 59.1 Å². The lowest BCUT2D eigenvalue weighted by molar-refractivity contribution is 1.37. The zero-order chi connectivity index (χ0) is 12.3. The molecule has 0 N–H and O–H groups in total. The van der Waals surface area contributed by atoms with Gasteiger partial charge in [-0.3, -0.25) is 0 Å². The van der Waals surface area contributed by atoms with Crippen molar-refractivity contribution in [1.82, 2.24) is 0 Å². The van der Waals surface area contributed by atoms with Crippen molar-refractivity contribution in [1.29, 1.82) is 0 Å². The summed E-state index contributed by atoms with van der Waals surface area (Å²) >= 11 is 5.84. The summed E-state index contributed by atoms with van der Waals surface area (Å²) in [6.07, 6.45) is 2.12. The second-order valence-electron chi connectivity index (χ2n) is 3.86. The molecule has 0 aliphatic heterocycles. The van der Waals surface area contributed by atoms with E-state index in [2.05, 4.69) is 41.8 Å². The van der Waals surface area contributed by atoms with Crippen LogP contribution in [-0.2, 0) is 10.7 Å². The summed E-state index contributed by atoms with van der Waals surface area (Å²) in [4.78, 5) is 1.26. The van der Waals surface area contributed by atoms with Gasteiger partial charge in [-0.2, -0.15) is 0 Å². The molecule has 17 heavy (non-hydrogen) atoms. The van der Waals surface area contributed by atoms with Gasteiger partial charge < -0.3 is 0 Å². The first-order valence-electron chi connectivity index (χ1n) is 5.35. The quantitative estimate of drug-likeness (QED) is 0.740. The summed E-state index contributed by atoms with van der Waals surface area (Å²) in [5.74, 6) is 0. The largest absolute Gasteiger partial charge is 0.224 e. The summed E-state index contributed by atoms with van der Waals surface area (Å²) in [5.41, 5.74) is 2.25. The van der Waals surface area contributed by atoms with Crippen molar-refractivity contribution < 1.29 is 0 Å². The Morgan fingerprint density at radius 3 is 2.12 bits per heavy atom. The number of halogens is 1. The van der Waals surface area contributed by atoms with Crippen molar-refractivity contribution >= 4 is 28.0 Å². The van der Waals surface area contributed by atoms with E-state index in [1.54, 1.807) is 0 Å². The predicted octanol–water partition coefficient (Wildman–Crippen LogP) is 4.77. The first-order chi connectivity index (χ1) is 8.15. The lowest BCUT2D eigenvalue weighted by Gasteiger charge is -2.03. The summed E-state index contributed by atoms with van der Waals surface area (Å²) in [6, 6.07) is 16.1. The van der Waals surface area contributed by atoms with Crippen molar-refractivity contribution in [2.45, 2.75) is 11.8 Å². The highest BCUT2D eigenvalue weighted by molar-refractivity contribution is 7.86. The number of rotatable bonds is 2. The monoisotopic (exact) mass is 263 g/mol. The van der Waals surface area contributed by atoms with Crippen LogP contribution in [0.2, 0.25) is 5.02 Å². The molecular formula is C14H14ClNS. The van der Waals surface area contributed by atoms with Crippen LogP contribution in [0, 0.1) is 6.92 Å². The lowest BCUT2D eigenvalue weighted by atomic mass is 10.2. The van der Waals surface area contributed by atoms with Gasteiger partial charge in [0.05, 0.1) is 5.69 Å². The molecule has 1 unspecified atom stereocenters. The molecule has 88 valence electrons. The van der Waals surface area contributed by atoms with Gasteiger partial charge in [-0.15, -0.1) is 0 Å². The number of benzene rings is 2. The van der Waals surface area contributed by atoms with E-state index in [1.807, 2.05) is 24.3 Å². The van der Waals surface area contributed by atoms with Crippen LogP contribution in [0.4, 0.5) is 5.69 Å². The van der Waals surface area contributed by atoms with Gasteiger partial charge in [-0.25, -0.2) is 4.36 Å². The van der Waals surface area contributed by atoms with E-state index in [0.717, 1.165) is 10.7 Å². The molecule has 3 heteroatoms. The van der Waals surface area contributed by atoms with Gasteiger partial charge in [0, 0.05) is 9.92 Å². The van der Waals surface area contributed by atoms with E-state index in [1.165, 1.54) is 10.5 Å². The average Bonchev–Trinajstić information content (AvgIpc) is 2.33. The molecule has 0 aliphatic carbocycles. The first-order valence-corrected chi connectivity index (χ1v) is 7.32. The van der Waals surface area contributed by atoms with Crippen LogP contribution in [0.1, 0.15) is 5.56 Å². The number of nitrogens with zero attached hydrogens (tertiary/aromatic N) is 1. The molecule has 0 radical (unpaired) electrons. The molecule has 0 spiro atoms. The summed E-state index contributed by atoms with van der Waals surface area (Å²) in [7, 11) is -0.117. The van der Waals surface area contributed by atoms with Crippen LogP contribution in [0.15, 0.2) is 57.8 Å². The number of hydrogen-bond donors (Lipinski definition) is 0. The maximum atomic E-state index is 5.84. The molecule has 0 saturated heterocycles. The van der Waals surface area contributed by atoms with Crippen LogP contribution in [0.5, 0.6) is 0 Å². The first kappa shape index (κ1) is 12.3. The van der Waals surface area contributed by atoms with Gasteiger partial charge in [-0.1, -0.05) is 40.0 Å². The molecule has 2 aromatic carbocycles. The molecule has 0 fully saturated rings. The standard InChI is InChI=1S/C14H14ClNS/c1-11-3-9-14(10-4-11)17(2)16-13-7-5-12(15)6-8-13/h3-10H,1-2H3. The average molecular weight is 264 g/mol. The molecule has 0 bridgehead atoms. The Labute approximate surface area is 110 Å². The van der Waals surface area contributed by atoms with Crippen LogP contribution >= 0.6 is 11.6 Å². The number of hydrogen-bond acceptors (Lipinski definition) is 1. The minimum absolute atomic E-state index is 0.117. The van der Waals surface area contributed by atoms with E-state index in [9.17, 15) is 0 Å². The third-order valence-electron chi connectivity index (χ3n) is 2.43. The minimum atomic E-state index is -0.117. The smallest absolute Gasteiger partial charge is 0.0708 e. The van der Waals surface area contributed by atoms with Gasteiger partial charge in [0.15, 0.2) is 0 Å². The molecule has 1 nitrogen and oxygen atoms in total. The Morgan fingerprint density at radius 2 is 1.53 bits per heavy atom.